The molecule has 0 fully saturated rings. The summed E-state index contributed by atoms with van der Waals surface area (Å²) in [7, 11) is 0. The van der Waals surface area contributed by atoms with Gasteiger partial charge in [0.05, 0.1) is 5.69 Å². The SMILES string of the molecule is CCC(CC)N(CCBr)Cc1ccccn1. The maximum absolute atomic E-state index is 4.39. The van der Waals surface area contributed by atoms with Crippen LogP contribution in [-0.4, -0.2) is 27.8 Å². The van der Waals surface area contributed by atoms with Crippen molar-refractivity contribution in [3.05, 3.63) is 30.1 Å². The summed E-state index contributed by atoms with van der Waals surface area (Å²) in [5, 5.41) is 1.02. The highest BCUT2D eigenvalue weighted by molar-refractivity contribution is 9.09. The Morgan fingerprint density at radius 2 is 2.06 bits per heavy atom. The van der Waals surface area contributed by atoms with Crippen LogP contribution in [0.4, 0.5) is 0 Å². The van der Waals surface area contributed by atoms with Crippen LogP contribution >= 0.6 is 15.9 Å². The Morgan fingerprint density at radius 1 is 1.31 bits per heavy atom. The van der Waals surface area contributed by atoms with Gasteiger partial charge in [-0.3, -0.25) is 9.88 Å². The third kappa shape index (κ3) is 4.22. The maximum Gasteiger partial charge on any atom is 0.0544 e. The van der Waals surface area contributed by atoms with E-state index in [4.69, 9.17) is 0 Å². The standard InChI is InChI=1S/C13H21BrN2/c1-3-13(4-2)16(10-8-14)11-12-7-5-6-9-15-12/h5-7,9,13H,3-4,8,10-11H2,1-2H3. The summed E-state index contributed by atoms with van der Waals surface area (Å²) in [6.07, 6.45) is 4.28. The molecule has 0 aliphatic carbocycles. The number of hydrogen-bond acceptors (Lipinski definition) is 2. The van der Waals surface area contributed by atoms with Crippen molar-refractivity contribution in [2.75, 3.05) is 11.9 Å². The fourth-order valence-electron chi connectivity index (χ4n) is 2.00. The van der Waals surface area contributed by atoms with Gasteiger partial charge in [-0.25, -0.2) is 0 Å². The van der Waals surface area contributed by atoms with Crippen LogP contribution in [0.1, 0.15) is 32.4 Å². The predicted octanol–water partition coefficient (Wildman–Crippen LogP) is 3.47. The second-order valence-electron chi connectivity index (χ2n) is 3.95. The van der Waals surface area contributed by atoms with Gasteiger partial charge in [0.15, 0.2) is 0 Å². The van der Waals surface area contributed by atoms with E-state index in [-0.39, 0.29) is 0 Å². The third-order valence-corrected chi connectivity index (χ3v) is 3.28. The van der Waals surface area contributed by atoms with Crippen molar-refractivity contribution < 1.29 is 0 Å². The Labute approximate surface area is 107 Å². The molecule has 1 heterocycles. The molecule has 1 aromatic heterocycles. The second-order valence-corrected chi connectivity index (χ2v) is 4.74. The highest BCUT2D eigenvalue weighted by Gasteiger charge is 2.14. The first-order valence-electron chi connectivity index (χ1n) is 6.01. The molecule has 0 aliphatic heterocycles. The molecule has 16 heavy (non-hydrogen) atoms. The van der Waals surface area contributed by atoms with Crippen LogP contribution in [0.5, 0.6) is 0 Å². The second kappa shape index (κ2) is 7.80. The summed E-state index contributed by atoms with van der Waals surface area (Å²) in [5.41, 5.74) is 1.16. The summed E-state index contributed by atoms with van der Waals surface area (Å²) >= 11 is 3.53. The summed E-state index contributed by atoms with van der Waals surface area (Å²) in [5.74, 6) is 0. The first-order chi connectivity index (χ1) is 7.81. The van der Waals surface area contributed by atoms with Crippen molar-refractivity contribution in [3.63, 3.8) is 0 Å². The van der Waals surface area contributed by atoms with Crippen LogP contribution < -0.4 is 0 Å². The fraction of sp³-hybridized carbons (Fsp3) is 0.615. The minimum absolute atomic E-state index is 0.666. The minimum atomic E-state index is 0.666. The number of aromatic nitrogens is 1. The molecule has 0 spiro atoms. The quantitative estimate of drug-likeness (QED) is 0.713. The van der Waals surface area contributed by atoms with Gasteiger partial charge >= 0.3 is 0 Å². The highest BCUT2D eigenvalue weighted by Crippen LogP contribution is 2.12. The Morgan fingerprint density at radius 3 is 2.56 bits per heavy atom. The Hall–Kier alpha value is -0.410. The summed E-state index contributed by atoms with van der Waals surface area (Å²) in [4.78, 5) is 6.91. The van der Waals surface area contributed by atoms with E-state index >= 15 is 0 Å². The lowest BCUT2D eigenvalue weighted by Gasteiger charge is -2.29. The molecular formula is C13H21BrN2. The van der Waals surface area contributed by atoms with Crippen molar-refractivity contribution >= 4 is 15.9 Å². The predicted molar refractivity (Wildman–Crippen MR) is 72.8 cm³/mol. The number of nitrogens with zero attached hydrogens (tertiary/aromatic N) is 2. The van der Waals surface area contributed by atoms with E-state index in [1.54, 1.807) is 0 Å². The number of rotatable bonds is 7. The molecule has 0 atom stereocenters. The molecule has 0 radical (unpaired) electrons. The molecule has 0 saturated carbocycles. The van der Waals surface area contributed by atoms with E-state index < -0.39 is 0 Å². The van der Waals surface area contributed by atoms with Crippen LogP contribution in [-0.2, 0) is 6.54 Å². The molecule has 1 rings (SSSR count). The number of alkyl halides is 1. The molecule has 0 unspecified atom stereocenters. The lowest BCUT2D eigenvalue weighted by atomic mass is 10.1. The largest absolute Gasteiger partial charge is 0.294 e. The Bertz CT molecular complexity index is 273. The normalized spacial score (nSPS) is 11.3. The molecule has 3 heteroatoms. The summed E-state index contributed by atoms with van der Waals surface area (Å²) < 4.78 is 0. The van der Waals surface area contributed by atoms with Gasteiger partial charge in [-0.15, -0.1) is 0 Å². The summed E-state index contributed by atoms with van der Waals surface area (Å²) in [6, 6.07) is 6.79. The van der Waals surface area contributed by atoms with Crippen molar-refractivity contribution in [1.29, 1.82) is 0 Å². The molecule has 2 nitrogen and oxygen atoms in total. The van der Waals surface area contributed by atoms with E-state index in [1.165, 1.54) is 12.8 Å². The van der Waals surface area contributed by atoms with Crippen molar-refractivity contribution in [1.82, 2.24) is 9.88 Å². The van der Waals surface area contributed by atoms with E-state index in [0.717, 1.165) is 24.1 Å². The zero-order valence-electron chi connectivity index (χ0n) is 10.2. The van der Waals surface area contributed by atoms with Gasteiger partial charge in [0, 0.05) is 30.7 Å². The molecule has 0 N–H and O–H groups in total. The smallest absolute Gasteiger partial charge is 0.0544 e. The van der Waals surface area contributed by atoms with Gasteiger partial charge in [0.25, 0.3) is 0 Å². The number of halogens is 1. The first-order valence-corrected chi connectivity index (χ1v) is 7.13. The Balaban J connectivity index is 2.63. The van der Waals surface area contributed by atoms with Gasteiger partial charge in [0.1, 0.15) is 0 Å². The van der Waals surface area contributed by atoms with Gasteiger partial charge in [0.2, 0.25) is 0 Å². The maximum atomic E-state index is 4.39. The van der Waals surface area contributed by atoms with Crippen LogP contribution in [0, 0.1) is 0 Å². The fourth-order valence-corrected chi connectivity index (χ4v) is 2.46. The number of hydrogen-bond donors (Lipinski definition) is 0. The van der Waals surface area contributed by atoms with Crippen molar-refractivity contribution in [3.8, 4) is 0 Å². The zero-order chi connectivity index (χ0) is 11.8. The molecule has 1 aromatic rings. The van der Waals surface area contributed by atoms with Gasteiger partial charge in [-0.1, -0.05) is 35.8 Å². The average Bonchev–Trinajstić information content (AvgIpc) is 2.32. The zero-order valence-corrected chi connectivity index (χ0v) is 11.8. The van der Waals surface area contributed by atoms with Gasteiger partial charge in [-0.2, -0.15) is 0 Å². The lowest BCUT2D eigenvalue weighted by Crippen LogP contribution is -2.35. The monoisotopic (exact) mass is 284 g/mol. The average molecular weight is 285 g/mol. The molecule has 0 bridgehead atoms. The topological polar surface area (TPSA) is 16.1 Å². The van der Waals surface area contributed by atoms with E-state index in [2.05, 4.69) is 51.8 Å². The van der Waals surface area contributed by atoms with Crippen LogP contribution in [0.15, 0.2) is 24.4 Å². The molecule has 0 aliphatic rings. The van der Waals surface area contributed by atoms with Crippen molar-refractivity contribution in [2.24, 2.45) is 0 Å². The van der Waals surface area contributed by atoms with Crippen LogP contribution in [0.25, 0.3) is 0 Å². The van der Waals surface area contributed by atoms with Crippen LogP contribution in [0.2, 0.25) is 0 Å². The first kappa shape index (κ1) is 13.7. The lowest BCUT2D eigenvalue weighted by molar-refractivity contribution is 0.187. The Kier molecular flexibility index (Phi) is 6.65. The molecule has 0 saturated heterocycles. The molecular weight excluding hydrogens is 264 g/mol. The van der Waals surface area contributed by atoms with Crippen molar-refractivity contribution in [2.45, 2.75) is 39.3 Å². The molecule has 90 valence electrons. The van der Waals surface area contributed by atoms with E-state index in [9.17, 15) is 0 Å². The molecule has 0 amide bonds. The van der Waals surface area contributed by atoms with Gasteiger partial charge in [-0.05, 0) is 25.0 Å². The third-order valence-electron chi connectivity index (χ3n) is 2.92. The van der Waals surface area contributed by atoms with E-state index in [0.29, 0.717) is 6.04 Å². The van der Waals surface area contributed by atoms with Crippen LogP contribution in [0.3, 0.4) is 0 Å². The highest BCUT2D eigenvalue weighted by atomic mass is 79.9. The van der Waals surface area contributed by atoms with Gasteiger partial charge < -0.3 is 0 Å². The number of pyridine rings is 1. The van der Waals surface area contributed by atoms with E-state index in [1.807, 2.05) is 12.3 Å². The molecule has 0 aromatic carbocycles. The minimum Gasteiger partial charge on any atom is -0.294 e. The summed E-state index contributed by atoms with van der Waals surface area (Å²) in [6.45, 7) is 6.56.